The van der Waals surface area contributed by atoms with Crippen molar-refractivity contribution in [1.82, 2.24) is 9.97 Å². The predicted molar refractivity (Wildman–Crippen MR) is 185 cm³/mol. The second-order valence-corrected chi connectivity index (χ2v) is 11.0. The van der Waals surface area contributed by atoms with E-state index in [4.69, 9.17) is 18.6 Å². The molecule has 0 bridgehead atoms. The largest absolute Gasteiger partial charge is 0.503 e. The number of fused-ring (bicyclic) bond motifs is 4. The van der Waals surface area contributed by atoms with E-state index in [2.05, 4.69) is 53.5 Å². The second-order valence-electron chi connectivity index (χ2n) is 11.0. The van der Waals surface area contributed by atoms with Gasteiger partial charge in [0, 0.05) is 47.8 Å². The summed E-state index contributed by atoms with van der Waals surface area (Å²) in [5.74, 6) is 3.36. The number of para-hydroxylation sites is 1. The Balaban J connectivity index is 0.000000196. The Morgan fingerprint density at radius 1 is 0.638 bits per heavy atom. The zero-order chi connectivity index (χ0) is 33.4. The van der Waals surface area contributed by atoms with E-state index in [9.17, 15) is 0 Å². The minimum Gasteiger partial charge on any atom is -0.503 e. The van der Waals surface area contributed by atoms with Gasteiger partial charge in [-0.15, -0.1) is 59.6 Å². The predicted octanol–water partition coefficient (Wildman–Crippen LogP) is 7.80. The van der Waals surface area contributed by atoms with Gasteiger partial charge in [0.1, 0.15) is 17.2 Å². The number of nitrogens with zero attached hydrogens (tertiary/aromatic N) is 2. The minimum atomic E-state index is -2.09. The first-order valence-corrected chi connectivity index (χ1v) is 15.0. The van der Waals surface area contributed by atoms with Crippen LogP contribution in [-0.2, 0) is 20.1 Å². The van der Waals surface area contributed by atoms with Gasteiger partial charge in [0.25, 0.3) is 0 Å². The quantitative estimate of drug-likeness (QED) is 0.136. The number of hydrogen-bond acceptors (Lipinski definition) is 4. The molecule has 0 saturated carbocycles. The molecule has 0 unspecified atom stereocenters. The summed E-state index contributed by atoms with van der Waals surface area (Å²) in [6.45, 7) is -2.05. The Hall–Kier alpha value is -5.29. The molecular formula is C41H27BIrN2O2-2. The number of aryl methyl sites for hydroxylation is 1. The third-order valence-electron chi connectivity index (χ3n) is 8.14. The van der Waals surface area contributed by atoms with Gasteiger partial charge in [-0.2, -0.15) is 0 Å². The Morgan fingerprint density at radius 3 is 2.26 bits per heavy atom. The van der Waals surface area contributed by atoms with Crippen molar-refractivity contribution in [3.8, 4) is 56.6 Å². The first kappa shape index (κ1) is 26.9. The van der Waals surface area contributed by atoms with Gasteiger partial charge in [0.05, 0.1) is 0 Å². The fourth-order valence-corrected chi connectivity index (χ4v) is 6.02. The maximum absolute atomic E-state index is 7.23. The van der Waals surface area contributed by atoms with Gasteiger partial charge >= 0.3 is 0 Å². The van der Waals surface area contributed by atoms with Crippen LogP contribution in [0.4, 0.5) is 0 Å². The van der Waals surface area contributed by atoms with Crippen LogP contribution in [0.1, 0.15) is 9.68 Å². The summed E-state index contributed by atoms with van der Waals surface area (Å²) in [4.78, 5) is 8.81. The van der Waals surface area contributed by atoms with Crippen LogP contribution in [-0.4, -0.2) is 16.7 Å². The Morgan fingerprint density at radius 2 is 1.45 bits per heavy atom. The molecule has 4 heterocycles. The molecule has 0 spiro atoms. The van der Waals surface area contributed by atoms with Crippen molar-refractivity contribution in [3.63, 3.8) is 0 Å². The number of hydrogen-bond donors (Lipinski definition) is 0. The molecule has 0 aliphatic carbocycles. The van der Waals surface area contributed by atoms with E-state index < -0.39 is 6.85 Å². The average molecular weight is 786 g/mol. The Bertz CT molecular complexity index is 2290. The molecule has 1 radical (unpaired) electrons. The molecule has 0 N–H and O–H groups in total. The van der Waals surface area contributed by atoms with E-state index in [0.717, 1.165) is 73.0 Å². The molecule has 2 aromatic heterocycles. The monoisotopic (exact) mass is 786 g/mol. The fraction of sp³-hybridized carbons (Fsp3) is 0.0244. The topological polar surface area (TPSA) is 44.2 Å². The summed E-state index contributed by atoms with van der Waals surface area (Å²) in [7, 11) is 0. The van der Waals surface area contributed by atoms with Gasteiger partial charge in [-0.3, -0.25) is 0 Å². The van der Waals surface area contributed by atoms with Crippen LogP contribution in [0.15, 0.2) is 146 Å². The fourth-order valence-electron chi connectivity index (χ4n) is 6.02. The number of ether oxygens (including phenoxy) is 2. The number of benzene rings is 5. The summed E-state index contributed by atoms with van der Waals surface area (Å²) < 4.78 is 34.4. The van der Waals surface area contributed by atoms with Crippen LogP contribution in [0.5, 0.6) is 23.0 Å². The number of rotatable bonds is 3. The van der Waals surface area contributed by atoms with Gasteiger partial charge in [0.2, 0.25) is 6.71 Å². The molecule has 5 aromatic carbocycles. The molecule has 0 saturated heterocycles. The standard InChI is InChI=1S/C29H17BNO2.C12H10N.Ir/c1-2-8-19(9-3-1)20-16-17-31-24(18-20)21-10-6-12-23-29(21)33-27-15-7-14-26-28(27)30(23)22-11-4-5-13-25(22)32-26;1-10-7-8-12(13-9-10)11-5-3-2-4-6-11;/h1-9,11-18H;2-5,7-9H,1H3;/q2*-1;/i;1D3;. The van der Waals surface area contributed by atoms with Crippen molar-refractivity contribution in [2.75, 3.05) is 0 Å². The molecular weight excluding hydrogens is 755 g/mol. The molecule has 47 heavy (non-hydrogen) atoms. The van der Waals surface area contributed by atoms with Gasteiger partial charge in [-0.25, -0.2) is 0 Å². The first-order chi connectivity index (χ1) is 23.9. The van der Waals surface area contributed by atoms with Crippen molar-refractivity contribution in [1.29, 1.82) is 0 Å². The number of aromatic nitrogens is 2. The van der Waals surface area contributed by atoms with Crippen molar-refractivity contribution in [2.45, 2.75) is 6.85 Å². The van der Waals surface area contributed by atoms with Crippen LogP contribution >= 0.6 is 0 Å². The molecule has 9 rings (SSSR count). The van der Waals surface area contributed by atoms with Crippen molar-refractivity contribution >= 4 is 23.1 Å². The van der Waals surface area contributed by atoms with Crippen LogP contribution in [0.25, 0.3) is 33.6 Å². The van der Waals surface area contributed by atoms with Crippen molar-refractivity contribution in [3.05, 3.63) is 164 Å². The zero-order valence-corrected chi connectivity index (χ0v) is 27.4. The van der Waals surface area contributed by atoms with E-state index in [-0.39, 0.29) is 32.4 Å². The summed E-state index contributed by atoms with van der Waals surface area (Å²) in [6, 6.07) is 50.0. The molecule has 2 aliphatic rings. The van der Waals surface area contributed by atoms with Gasteiger partial charge < -0.3 is 19.4 Å². The van der Waals surface area contributed by atoms with Crippen LogP contribution in [0.2, 0.25) is 0 Å². The summed E-state index contributed by atoms with van der Waals surface area (Å²) in [5, 5.41) is 0. The van der Waals surface area contributed by atoms with Crippen molar-refractivity contribution < 1.29 is 33.7 Å². The average Bonchev–Trinajstić information content (AvgIpc) is 3.15. The molecule has 7 aromatic rings. The van der Waals surface area contributed by atoms with Crippen LogP contribution < -0.4 is 25.9 Å². The van der Waals surface area contributed by atoms with E-state index >= 15 is 0 Å². The molecule has 0 atom stereocenters. The summed E-state index contributed by atoms with van der Waals surface area (Å²) in [6.07, 6.45) is 3.24. The van der Waals surface area contributed by atoms with E-state index in [1.807, 2.05) is 85.1 Å². The molecule has 6 heteroatoms. The number of pyridine rings is 2. The zero-order valence-electron chi connectivity index (χ0n) is 28.0. The minimum absolute atomic E-state index is 0. The molecule has 4 nitrogen and oxygen atoms in total. The molecule has 227 valence electrons. The normalized spacial score (nSPS) is 12.9. The van der Waals surface area contributed by atoms with Gasteiger partial charge in [-0.1, -0.05) is 78.4 Å². The maximum Gasteiger partial charge on any atom is 0.241 e. The van der Waals surface area contributed by atoms with Crippen LogP contribution in [0.3, 0.4) is 0 Å². The third kappa shape index (κ3) is 5.90. The second kappa shape index (κ2) is 13.2. The maximum atomic E-state index is 7.23. The molecule has 2 aliphatic heterocycles. The third-order valence-corrected chi connectivity index (χ3v) is 8.14. The summed E-state index contributed by atoms with van der Waals surface area (Å²) in [5.41, 5.74) is 9.14. The Kier molecular flexibility index (Phi) is 7.56. The smallest absolute Gasteiger partial charge is 0.241 e. The SMILES string of the molecule is [2H]C([2H])([2H])c1ccc(-c2[c-]cccc2)nc1.[Ir].[c-]1ccc2c(c1-c1cc(-c3ccccc3)ccn1)Oc1cccc3c1B2c1ccccc1O3. The molecule has 0 amide bonds. The van der Waals surface area contributed by atoms with E-state index in [1.165, 1.54) is 6.20 Å². The Labute approximate surface area is 292 Å². The van der Waals surface area contributed by atoms with Crippen molar-refractivity contribution in [2.24, 2.45) is 0 Å². The first-order valence-electron chi connectivity index (χ1n) is 16.5. The van der Waals surface area contributed by atoms with Crippen LogP contribution in [0, 0.1) is 19.0 Å². The molecule has 0 fully saturated rings. The van der Waals surface area contributed by atoms with Gasteiger partial charge in [0.15, 0.2) is 0 Å². The van der Waals surface area contributed by atoms with Gasteiger partial charge in [-0.05, 0) is 64.7 Å². The summed E-state index contributed by atoms with van der Waals surface area (Å²) >= 11 is 0. The van der Waals surface area contributed by atoms with E-state index in [1.54, 1.807) is 18.2 Å². The van der Waals surface area contributed by atoms with E-state index in [0.29, 0.717) is 0 Å².